The van der Waals surface area contributed by atoms with Crippen LogP contribution in [0.5, 0.6) is 0 Å². The van der Waals surface area contributed by atoms with Crippen molar-refractivity contribution >= 4 is 5.91 Å². The molecule has 0 aliphatic heterocycles. The highest BCUT2D eigenvalue weighted by molar-refractivity contribution is 5.86. The molecule has 4 N–H and O–H groups in total. The molecule has 1 fully saturated rings. The summed E-state index contributed by atoms with van der Waals surface area (Å²) in [6, 6.07) is 0. The van der Waals surface area contributed by atoms with E-state index in [4.69, 9.17) is 10.8 Å². The molecule has 1 saturated carbocycles. The molecule has 0 spiro atoms. The van der Waals surface area contributed by atoms with Crippen molar-refractivity contribution in [2.45, 2.75) is 44.2 Å². The average molecular weight is 186 g/mol. The lowest BCUT2D eigenvalue weighted by Gasteiger charge is -2.36. The molecular weight excluding hydrogens is 168 g/mol. The summed E-state index contributed by atoms with van der Waals surface area (Å²) in [5.74, 6) is -0.0700. The van der Waals surface area contributed by atoms with Crippen molar-refractivity contribution in [2.24, 2.45) is 5.73 Å². The molecule has 0 aromatic heterocycles. The van der Waals surface area contributed by atoms with Gasteiger partial charge < -0.3 is 16.2 Å². The van der Waals surface area contributed by atoms with Crippen molar-refractivity contribution in [3.05, 3.63) is 0 Å². The van der Waals surface area contributed by atoms with Crippen LogP contribution in [0, 0.1) is 0 Å². The van der Waals surface area contributed by atoms with Crippen molar-refractivity contribution < 1.29 is 9.90 Å². The minimum Gasteiger partial charge on any atom is -0.393 e. The van der Waals surface area contributed by atoms with E-state index < -0.39 is 5.54 Å². The van der Waals surface area contributed by atoms with E-state index in [0.29, 0.717) is 13.0 Å². The molecule has 13 heavy (non-hydrogen) atoms. The number of carbonyl (C=O) groups excluding carboxylic acids is 1. The molecule has 1 aliphatic rings. The SMILES string of the molecule is CC(O)CCNC(=O)C1(N)CCC1. The topological polar surface area (TPSA) is 75.3 Å². The van der Waals surface area contributed by atoms with Gasteiger partial charge in [-0.05, 0) is 32.6 Å². The zero-order valence-electron chi connectivity index (χ0n) is 8.05. The molecule has 0 bridgehead atoms. The third-order valence-corrected chi connectivity index (χ3v) is 2.55. The molecule has 4 nitrogen and oxygen atoms in total. The average Bonchev–Trinajstić information content (AvgIpc) is 1.99. The van der Waals surface area contributed by atoms with Crippen molar-refractivity contribution in [3.8, 4) is 0 Å². The van der Waals surface area contributed by atoms with Gasteiger partial charge in [0.2, 0.25) is 5.91 Å². The van der Waals surface area contributed by atoms with Crippen LogP contribution in [0.1, 0.15) is 32.6 Å². The Balaban J connectivity index is 2.18. The minimum absolute atomic E-state index is 0.0700. The zero-order valence-corrected chi connectivity index (χ0v) is 8.05. The first kappa shape index (κ1) is 10.5. The maximum atomic E-state index is 11.4. The molecule has 0 aromatic rings. The van der Waals surface area contributed by atoms with Gasteiger partial charge in [0.15, 0.2) is 0 Å². The van der Waals surface area contributed by atoms with Gasteiger partial charge >= 0.3 is 0 Å². The fraction of sp³-hybridized carbons (Fsp3) is 0.889. The Labute approximate surface area is 78.5 Å². The maximum absolute atomic E-state index is 11.4. The number of hydrogen-bond acceptors (Lipinski definition) is 3. The fourth-order valence-corrected chi connectivity index (χ4v) is 1.36. The molecule has 1 amide bonds. The Hall–Kier alpha value is -0.610. The van der Waals surface area contributed by atoms with E-state index in [1.165, 1.54) is 0 Å². The second-order valence-electron chi connectivity index (χ2n) is 3.90. The van der Waals surface area contributed by atoms with Crippen LogP contribution in [0.15, 0.2) is 0 Å². The number of aliphatic hydroxyl groups excluding tert-OH is 1. The summed E-state index contributed by atoms with van der Waals surface area (Å²) in [4.78, 5) is 11.4. The Kier molecular flexibility index (Phi) is 3.27. The van der Waals surface area contributed by atoms with Crippen LogP contribution in [-0.2, 0) is 4.79 Å². The van der Waals surface area contributed by atoms with Gasteiger partial charge in [0.05, 0.1) is 11.6 Å². The molecule has 1 unspecified atom stereocenters. The van der Waals surface area contributed by atoms with Crippen molar-refractivity contribution in [1.29, 1.82) is 0 Å². The van der Waals surface area contributed by atoms with Crippen LogP contribution >= 0.6 is 0 Å². The van der Waals surface area contributed by atoms with Gasteiger partial charge in [-0.3, -0.25) is 4.79 Å². The predicted octanol–water partition coefficient (Wildman–Crippen LogP) is -0.245. The summed E-state index contributed by atoms with van der Waals surface area (Å²) >= 11 is 0. The van der Waals surface area contributed by atoms with Crippen LogP contribution in [0.2, 0.25) is 0 Å². The number of rotatable bonds is 4. The first-order valence-electron chi connectivity index (χ1n) is 4.80. The second-order valence-corrected chi connectivity index (χ2v) is 3.90. The summed E-state index contributed by atoms with van der Waals surface area (Å²) in [6.07, 6.45) is 2.83. The third kappa shape index (κ3) is 2.67. The van der Waals surface area contributed by atoms with Crippen LogP contribution in [-0.4, -0.2) is 29.2 Å². The van der Waals surface area contributed by atoms with Crippen molar-refractivity contribution in [2.75, 3.05) is 6.54 Å². The van der Waals surface area contributed by atoms with Gasteiger partial charge in [0.25, 0.3) is 0 Å². The molecular formula is C9H18N2O2. The molecule has 1 atom stereocenters. The number of amides is 1. The van der Waals surface area contributed by atoms with Gasteiger partial charge in [-0.2, -0.15) is 0 Å². The second kappa shape index (κ2) is 4.07. The van der Waals surface area contributed by atoms with E-state index in [1.54, 1.807) is 6.92 Å². The molecule has 0 saturated heterocycles. The van der Waals surface area contributed by atoms with Gasteiger partial charge in [-0.25, -0.2) is 0 Å². The maximum Gasteiger partial charge on any atom is 0.240 e. The van der Waals surface area contributed by atoms with Crippen molar-refractivity contribution in [3.63, 3.8) is 0 Å². The smallest absolute Gasteiger partial charge is 0.240 e. The van der Waals surface area contributed by atoms with Crippen LogP contribution < -0.4 is 11.1 Å². The Morgan fingerprint density at radius 1 is 1.69 bits per heavy atom. The molecule has 1 aliphatic carbocycles. The highest BCUT2D eigenvalue weighted by atomic mass is 16.3. The zero-order chi connectivity index (χ0) is 9.90. The van der Waals surface area contributed by atoms with E-state index in [2.05, 4.69) is 5.32 Å². The summed E-state index contributed by atoms with van der Waals surface area (Å²) < 4.78 is 0. The molecule has 1 rings (SSSR count). The molecule has 0 aromatic carbocycles. The summed E-state index contributed by atoms with van der Waals surface area (Å²) in [5, 5.41) is 11.7. The first-order valence-corrected chi connectivity index (χ1v) is 4.80. The Bertz CT molecular complexity index is 188. The van der Waals surface area contributed by atoms with Crippen LogP contribution in [0.3, 0.4) is 0 Å². The van der Waals surface area contributed by atoms with E-state index in [1.807, 2.05) is 0 Å². The lowest BCUT2D eigenvalue weighted by Crippen LogP contribution is -2.58. The van der Waals surface area contributed by atoms with E-state index in [0.717, 1.165) is 19.3 Å². The number of carbonyl (C=O) groups is 1. The third-order valence-electron chi connectivity index (χ3n) is 2.55. The number of hydrogen-bond donors (Lipinski definition) is 3. The molecule has 0 heterocycles. The normalized spacial score (nSPS) is 21.8. The van der Waals surface area contributed by atoms with Crippen molar-refractivity contribution in [1.82, 2.24) is 5.32 Å². The van der Waals surface area contributed by atoms with Gasteiger partial charge in [0.1, 0.15) is 0 Å². The Morgan fingerprint density at radius 2 is 2.31 bits per heavy atom. The monoisotopic (exact) mass is 186 g/mol. The lowest BCUT2D eigenvalue weighted by molar-refractivity contribution is -0.129. The number of aliphatic hydroxyl groups is 1. The van der Waals surface area contributed by atoms with Gasteiger partial charge in [-0.1, -0.05) is 0 Å². The highest BCUT2D eigenvalue weighted by Crippen LogP contribution is 2.28. The fourth-order valence-electron chi connectivity index (χ4n) is 1.36. The summed E-state index contributed by atoms with van der Waals surface area (Å²) in [7, 11) is 0. The van der Waals surface area contributed by atoms with E-state index >= 15 is 0 Å². The van der Waals surface area contributed by atoms with Crippen LogP contribution in [0.4, 0.5) is 0 Å². The summed E-state index contributed by atoms with van der Waals surface area (Å²) in [6.45, 7) is 2.21. The van der Waals surface area contributed by atoms with E-state index in [9.17, 15) is 4.79 Å². The number of nitrogens with two attached hydrogens (primary N) is 1. The minimum atomic E-state index is -0.612. The van der Waals surface area contributed by atoms with Gasteiger partial charge in [-0.15, -0.1) is 0 Å². The predicted molar refractivity (Wildman–Crippen MR) is 50.1 cm³/mol. The number of nitrogens with one attached hydrogen (secondary N) is 1. The lowest BCUT2D eigenvalue weighted by atomic mass is 9.77. The highest BCUT2D eigenvalue weighted by Gasteiger charge is 2.39. The molecule has 0 radical (unpaired) electrons. The standard InChI is InChI=1S/C9H18N2O2/c1-7(12)3-6-11-8(13)9(10)4-2-5-9/h7,12H,2-6,10H2,1H3,(H,11,13). The van der Waals surface area contributed by atoms with E-state index in [-0.39, 0.29) is 12.0 Å². The summed E-state index contributed by atoms with van der Waals surface area (Å²) in [5.41, 5.74) is 5.18. The molecule has 76 valence electrons. The molecule has 4 heteroatoms. The van der Waals surface area contributed by atoms with Gasteiger partial charge in [0, 0.05) is 6.54 Å². The largest absolute Gasteiger partial charge is 0.393 e. The van der Waals surface area contributed by atoms with Crippen LogP contribution in [0.25, 0.3) is 0 Å². The Morgan fingerprint density at radius 3 is 2.69 bits per heavy atom. The first-order chi connectivity index (χ1) is 6.04. The quantitative estimate of drug-likeness (QED) is 0.567.